The largest absolute Gasteiger partial charge is 0.355 e. The predicted molar refractivity (Wildman–Crippen MR) is 74.8 cm³/mol. The summed E-state index contributed by atoms with van der Waals surface area (Å²) in [5.74, 6) is 1.84. The van der Waals surface area contributed by atoms with E-state index in [-0.39, 0.29) is 0 Å². The first-order valence-electron chi connectivity index (χ1n) is 6.93. The molecule has 1 aliphatic heterocycles. The SMILES string of the molecule is Cc1cnnc(N2CCC(CNC(C)C)CC2)c1. The lowest BCUT2D eigenvalue weighted by atomic mass is 9.96. The number of rotatable bonds is 4. The van der Waals surface area contributed by atoms with Crippen LogP contribution in [0.4, 0.5) is 5.82 Å². The predicted octanol–water partition coefficient (Wildman–Crippen LogP) is 2.00. The molecule has 1 aromatic heterocycles. The molecule has 0 aliphatic carbocycles. The molecule has 1 saturated heterocycles. The lowest BCUT2D eigenvalue weighted by Crippen LogP contribution is -2.39. The van der Waals surface area contributed by atoms with Crippen molar-refractivity contribution in [3.63, 3.8) is 0 Å². The van der Waals surface area contributed by atoms with Gasteiger partial charge >= 0.3 is 0 Å². The Morgan fingerprint density at radius 2 is 2.11 bits per heavy atom. The summed E-state index contributed by atoms with van der Waals surface area (Å²) in [5, 5.41) is 11.8. The van der Waals surface area contributed by atoms with Crippen molar-refractivity contribution in [3.05, 3.63) is 17.8 Å². The van der Waals surface area contributed by atoms with Crippen LogP contribution in [0, 0.1) is 12.8 Å². The van der Waals surface area contributed by atoms with Crippen LogP contribution in [0.25, 0.3) is 0 Å². The first kappa shape index (κ1) is 13.3. The van der Waals surface area contributed by atoms with Crippen molar-refractivity contribution in [2.24, 2.45) is 5.92 Å². The van der Waals surface area contributed by atoms with Gasteiger partial charge in [-0.1, -0.05) is 13.8 Å². The van der Waals surface area contributed by atoms with Gasteiger partial charge in [-0.15, -0.1) is 5.10 Å². The second-order valence-corrected chi connectivity index (χ2v) is 5.58. The minimum atomic E-state index is 0.589. The molecule has 4 heteroatoms. The van der Waals surface area contributed by atoms with Gasteiger partial charge in [0.1, 0.15) is 0 Å². The monoisotopic (exact) mass is 248 g/mol. The van der Waals surface area contributed by atoms with Crippen molar-refractivity contribution in [2.75, 3.05) is 24.5 Å². The van der Waals surface area contributed by atoms with E-state index in [0.29, 0.717) is 6.04 Å². The normalized spacial score (nSPS) is 17.4. The van der Waals surface area contributed by atoms with Gasteiger partial charge in [0.15, 0.2) is 5.82 Å². The van der Waals surface area contributed by atoms with Crippen LogP contribution >= 0.6 is 0 Å². The summed E-state index contributed by atoms with van der Waals surface area (Å²) in [6.45, 7) is 9.82. The standard InChI is InChI=1S/C14H24N4/c1-11(2)15-10-13-4-6-18(7-5-13)14-8-12(3)9-16-17-14/h8-9,11,13,15H,4-7,10H2,1-3H3. The lowest BCUT2D eigenvalue weighted by molar-refractivity contribution is 0.369. The van der Waals surface area contributed by atoms with E-state index in [4.69, 9.17) is 0 Å². The quantitative estimate of drug-likeness (QED) is 0.885. The summed E-state index contributed by atoms with van der Waals surface area (Å²) < 4.78 is 0. The molecule has 0 saturated carbocycles. The third-order valence-corrected chi connectivity index (χ3v) is 3.53. The zero-order valence-corrected chi connectivity index (χ0v) is 11.7. The summed E-state index contributed by atoms with van der Waals surface area (Å²) in [6.07, 6.45) is 4.30. The molecule has 0 radical (unpaired) electrons. The third-order valence-electron chi connectivity index (χ3n) is 3.53. The van der Waals surface area contributed by atoms with E-state index in [1.54, 1.807) is 0 Å². The Morgan fingerprint density at radius 1 is 1.39 bits per heavy atom. The molecule has 1 N–H and O–H groups in total. The van der Waals surface area contributed by atoms with Crippen LogP contribution in [0.5, 0.6) is 0 Å². The van der Waals surface area contributed by atoms with E-state index in [0.717, 1.165) is 31.4 Å². The molecule has 0 bridgehead atoms. The molecule has 0 atom stereocenters. The minimum Gasteiger partial charge on any atom is -0.355 e. The summed E-state index contributed by atoms with van der Waals surface area (Å²) >= 11 is 0. The summed E-state index contributed by atoms with van der Waals surface area (Å²) in [6, 6.07) is 2.71. The number of hydrogen-bond donors (Lipinski definition) is 1. The van der Waals surface area contributed by atoms with E-state index < -0.39 is 0 Å². The zero-order valence-electron chi connectivity index (χ0n) is 11.7. The van der Waals surface area contributed by atoms with Crippen molar-refractivity contribution in [1.82, 2.24) is 15.5 Å². The van der Waals surface area contributed by atoms with Crippen molar-refractivity contribution in [2.45, 2.75) is 39.7 Å². The van der Waals surface area contributed by atoms with Crippen LogP contribution in [0.15, 0.2) is 12.3 Å². The molecule has 18 heavy (non-hydrogen) atoms. The van der Waals surface area contributed by atoms with Crippen LogP contribution in [-0.2, 0) is 0 Å². The van der Waals surface area contributed by atoms with Crippen LogP contribution < -0.4 is 10.2 Å². The van der Waals surface area contributed by atoms with Crippen molar-refractivity contribution in [1.29, 1.82) is 0 Å². The second-order valence-electron chi connectivity index (χ2n) is 5.58. The summed E-state index contributed by atoms with van der Waals surface area (Å²) in [5.41, 5.74) is 1.18. The van der Waals surface area contributed by atoms with Gasteiger partial charge in [-0.3, -0.25) is 0 Å². The molecule has 100 valence electrons. The number of piperidine rings is 1. The molecule has 2 heterocycles. The highest BCUT2D eigenvalue weighted by Crippen LogP contribution is 2.21. The molecule has 0 aromatic carbocycles. The van der Waals surface area contributed by atoms with Gasteiger partial charge in [0.25, 0.3) is 0 Å². The fourth-order valence-corrected chi connectivity index (χ4v) is 2.37. The first-order valence-corrected chi connectivity index (χ1v) is 6.93. The van der Waals surface area contributed by atoms with Crippen molar-refractivity contribution >= 4 is 5.82 Å². The van der Waals surface area contributed by atoms with E-state index in [1.165, 1.54) is 18.4 Å². The average molecular weight is 248 g/mol. The Kier molecular flexibility index (Phi) is 4.53. The topological polar surface area (TPSA) is 41.1 Å². The Balaban J connectivity index is 1.83. The van der Waals surface area contributed by atoms with Gasteiger partial charge in [0.05, 0.1) is 6.20 Å². The molecule has 1 aliphatic rings. The highest BCUT2D eigenvalue weighted by molar-refractivity contribution is 5.39. The lowest BCUT2D eigenvalue weighted by Gasteiger charge is -2.33. The molecule has 4 nitrogen and oxygen atoms in total. The molecule has 1 fully saturated rings. The Bertz CT molecular complexity index is 370. The Labute approximate surface area is 110 Å². The van der Waals surface area contributed by atoms with Gasteiger partial charge in [0.2, 0.25) is 0 Å². The highest BCUT2D eigenvalue weighted by Gasteiger charge is 2.20. The molecule has 0 amide bonds. The third kappa shape index (κ3) is 3.67. The molecule has 0 spiro atoms. The zero-order chi connectivity index (χ0) is 13.0. The highest BCUT2D eigenvalue weighted by atomic mass is 15.3. The maximum atomic E-state index is 4.22. The summed E-state index contributed by atoms with van der Waals surface area (Å²) in [4.78, 5) is 2.35. The van der Waals surface area contributed by atoms with E-state index in [9.17, 15) is 0 Å². The van der Waals surface area contributed by atoms with Gasteiger partial charge in [-0.2, -0.15) is 5.10 Å². The number of aromatic nitrogens is 2. The average Bonchev–Trinajstić information content (AvgIpc) is 2.37. The number of hydrogen-bond acceptors (Lipinski definition) is 4. The van der Waals surface area contributed by atoms with Gasteiger partial charge < -0.3 is 10.2 Å². The van der Waals surface area contributed by atoms with Crippen LogP contribution in [0.1, 0.15) is 32.3 Å². The maximum Gasteiger partial charge on any atom is 0.151 e. The fraction of sp³-hybridized carbons (Fsp3) is 0.714. The number of nitrogens with zero attached hydrogens (tertiary/aromatic N) is 3. The summed E-state index contributed by atoms with van der Waals surface area (Å²) in [7, 11) is 0. The minimum absolute atomic E-state index is 0.589. The molecular formula is C14H24N4. The second kappa shape index (κ2) is 6.14. The van der Waals surface area contributed by atoms with Gasteiger partial charge in [0, 0.05) is 19.1 Å². The van der Waals surface area contributed by atoms with E-state index >= 15 is 0 Å². The van der Waals surface area contributed by atoms with Gasteiger partial charge in [-0.05, 0) is 43.9 Å². The van der Waals surface area contributed by atoms with Crippen molar-refractivity contribution < 1.29 is 0 Å². The fourth-order valence-electron chi connectivity index (χ4n) is 2.37. The van der Waals surface area contributed by atoms with Crippen LogP contribution in [0.3, 0.4) is 0 Å². The van der Waals surface area contributed by atoms with Crippen molar-refractivity contribution in [3.8, 4) is 0 Å². The first-order chi connectivity index (χ1) is 8.65. The Hall–Kier alpha value is -1.16. The smallest absolute Gasteiger partial charge is 0.151 e. The van der Waals surface area contributed by atoms with Crippen LogP contribution in [0.2, 0.25) is 0 Å². The number of nitrogens with one attached hydrogen (secondary N) is 1. The molecule has 1 aromatic rings. The van der Waals surface area contributed by atoms with Crippen LogP contribution in [-0.4, -0.2) is 35.9 Å². The Morgan fingerprint density at radius 3 is 2.72 bits per heavy atom. The van der Waals surface area contributed by atoms with E-state index in [1.807, 2.05) is 6.20 Å². The molecule has 0 unspecified atom stereocenters. The number of aryl methyl sites for hydroxylation is 1. The molecule has 2 rings (SSSR count). The van der Waals surface area contributed by atoms with Gasteiger partial charge in [-0.25, -0.2) is 0 Å². The number of anilines is 1. The van der Waals surface area contributed by atoms with E-state index in [2.05, 4.69) is 47.3 Å². The molecular weight excluding hydrogens is 224 g/mol. The maximum absolute atomic E-state index is 4.22.